The van der Waals surface area contributed by atoms with Crippen LogP contribution in [0.5, 0.6) is 5.75 Å². The van der Waals surface area contributed by atoms with Crippen LogP contribution in [0.3, 0.4) is 0 Å². The maximum atomic E-state index is 14.1. The zero-order valence-electron chi connectivity index (χ0n) is 26.4. The number of amides is 5. The van der Waals surface area contributed by atoms with Crippen LogP contribution in [0.2, 0.25) is 5.02 Å². The predicted molar refractivity (Wildman–Crippen MR) is 175 cm³/mol. The molecule has 2 fully saturated rings. The Morgan fingerprint density at radius 3 is 2.59 bits per heavy atom. The fraction of sp³-hybridized carbons (Fsp3) is 0.394. The highest BCUT2D eigenvalue weighted by Gasteiger charge is 2.43. The number of para-hydroxylation sites is 2. The van der Waals surface area contributed by atoms with Gasteiger partial charge in [-0.25, -0.2) is 9.78 Å². The van der Waals surface area contributed by atoms with E-state index in [-0.39, 0.29) is 50.4 Å². The highest BCUT2D eigenvalue weighted by Crippen LogP contribution is 2.23. The molecule has 0 unspecified atom stereocenters. The van der Waals surface area contributed by atoms with E-state index in [1.165, 1.54) is 17.2 Å². The number of nitrogens with zero attached hydrogens (tertiary/aromatic N) is 3. The summed E-state index contributed by atoms with van der Waals surface area (Å²) >= 11 is 6.00. The molecule has 15 nitrogen and oxygen atoms in total. The number of benzene rings is 2. The number of aliphatic carboxylic acids is 1. The first kappa shape index (κ1) is 35.0. The lowest BCUT2D eigenvalue weighted by molar-refractivity contribution is -0.145. The Balaban J connectivity index is 1.36. The Labute approximate surface area is 286 Å². The van der Waals surface area contributed by atoms with Gasteiger partial charge in [-0.1, -0.05) is 29.8 Å². The second kappa shape index (κ2) is 16.2. The average molecular weight is 694 g/mol. The van der Waals surface area contributed by atoms with Gasteiger partial charge in [0.1, 0.15) is 29.6 Å². The molecule has 49 heavy (non-hydrogen) atoms. The molecule has 5 N–H and O–H groups in total. The van der Waals surface area contributed by atoms with E-state index in [4.69, 9.17) is 16.3 Å². The Kier molecular flexibility index (Phi) is 11.6. The molecule has 0 saturated carbocycles. The van der Waals surface area contributed by atoms with Gasteiger partial charge < -0.3 is 36.0 Å². The van der Waals surface area contributed by atoms with Crippen LogP contribution in [-0.2, 0) is 24.0 Å². The molecule has 5 amide bonds. The Morgan fingerprint density at radius 1 is 1.02 bits per heavy atom. The molecule has 0 spiro atoms. The number of hydrogen-bond acceptors (Lipinski definition) is 9. The van der Waals surface area contributed by atoms with E-state index in [0.717, 1.165) is 0 Å². The Hall–Kier alpha value is -5.31. The van der Waals surface area contributed by atoms with E-state index >= 15 is 0 Å². The molecule has 16 heteroatoms. The van der Waals surface area contributed by atoms with Crippen LogP contribution < -0.4 is 26.0 Å². The van der Waals surface area contributed by atoms with Gasteiger partial charge in [0.2, 0.25) is 17.7 Å². The number of carbonyl (C=O) groups is 6. The minimum atomic E-state index is -1.40. The zero-order valence-corrected chi connectivity index (χ0v) is 27.2. The summed E-state index contributed by atoms with van der Waals surface area (Å²) in [4.78, 5) is 88.2. The van der Waals surface area contributed by atoms with Crippen molar-refractivity contribution in [3.8, 4) is 5.75 Å². The quantitative estimate of drug-likeness (QED) is 0.239. The van der Waals surface area contributed by atoms with Crippen molar-refractivity contribution in [2.75, 3.05) is 19.7 Å². The maximum Gasteiger partial charge on any atom is 0.326 e. The number of halogens is 1. The third-order valence-electron chi connectivity index (χ3n) is 8.22. The summed E-state index contributed by atoms with van der Waals surface area (Å²) in [5.74, 6) is -3.91. The number of fused-ring (bicyclic) bond motifs is 2. The molecule has 0 bridgehead atoms. The van der Waals surface area contributed by atoms with Crippen molar-refractivity contribution in [3.63, 3.8) is 0 Å². The van der Waals surface area contributed by atoms with Gasteiger partial charge in [-0.05, 0) is 62.4 Å². The Bertz CT molecular complexity index is 1740. The largest absolute Gasteiger partial charge is 0.484 e. The molecule has 3 aromatic rings. The molecule has 5 rings (SSSR count). The van der Waals surface area contributed by atoms with Crippen LogP contribution in [0.4, 0.5) is 0 Å². The molecule has 1 aromatic heterocycles. The van der Waals surface area contributed by atoms with Crippen molar-refractivity contribution in [2.24, 2.45) is 0 Å². The lowest BCUT2D eigenvalue weighted by Gasteiger charge is -2.29. The second-order valence-electron chi connectivity index (χ2n) is 11.8. The van der Waals surface area contributed by atoms with Gasteiger partial charge in [0.05, 0.1) is 17.2 Å². The number of aromatic nitrogens is 2. The molecule has 2 saturated heterocycles. The van der Waals surface area contributed by atoms with E-state index in [1.54, 1.807) is 42.5 Å². The van der Waals surface area contributed by atoms with E-state index in [2.05, 4.69) is 31.2 Å². The monoisotopic (exact) mass is 693 g/mol. The fourth-order valence-electron chi connectivity index (χ4n) is 5.75. The topological polar surface area (TPSA) is 209 Å². The van der Waals surface area contributed by atoms with Crippen molar-refractivity contribution in [1.29, 1.82) is 0 Å². The van der Waals surface area contributed by atoms with Crippen LogP contribution in [-0.4, -0.2) is 99.3 Å². The average Bonchev–Trinajstić information content (AvgIpc) is 3.51. The molecule has 4 atom stereocenters. The molecule has 2 aliphatic rings. The lowest BCUT2D eigenvalue weighted by atomic mass is 10.1. The van der Waals surface area contributed by atoms with Crippen LogP contribution >= 0.6 is 11.6 Å². The predicted octanol–water partition coefficient (Wildman–Crippen LogP) is 1.20. The summed E-state index contributed by atoms with van der Waals surface area (Å²) in [6.45, 7) is -0.254. The number of carboxylic acids is 1. The van der Waals surface area contributed by atoms with Crippen LogP contribution in [0.15, 0.2) is 54.7 Å². The van der Waals surface area contributed by atoms with Gasteiger partial charge in [-0.15, -0.1) is 0 Å². The maximum absolute atomic E-state index is 14.1. The number of hydrogen-bond donors (Lipinski definition) is 5. The van der Waals surface area contributed by atoms with Gasteiger partial charge in [0.25, 0.3) is 11.8 Å². The highest BCUT2D eigenvalue weighted by molar-refractivity contribution is 6.30. The van der Waals surface area contributed by atoms with Crippen molar-refractivity contribution < 1.29 is 38.6 Å². The van der Waals surface area contributed by atoms with Gasteiger partial charge in [0, 0.05) is 30.6 Å². The van der Waals surface area contributed by atoms with E-state index in [0.29, 0.717) is 34.6 Å². The van der Waals surface area contributed by atoms with Crippen LogP contribution in [0.1, 0.15) is 49.0 Å². The van der Waals surface area contributed by atoms with Gasteiger partial charge in [-0.2, -0.15) is 0 Å². The molecule has 3 heterocycles. The molecule has 0 aliphatic carbocycles. The van der Waals surface area contributed by atoms with Crippen molar-refractivity contribution >= 4 is 58.1 Å². The lowest BCUT2D eigenvalue weighted by Crippen LogP contribution is -2.55. The SMILES string of the molecule is O=C1CC[C@@H](C(=O)O)NC(=O)[C@@H]2C[C@@H](NC(=O)c3cnc4ccccc4n3)CN2C(=O)[C@@H](NC(=O)COc2cccc(Cl)c2)CCCCN1. The summed E-state index contributed by atoms with van der Waals surface area (Å²) < 4.78 is 5.54. The Morgan fingerprint density at radius 2 is 1.82 bits per heavy atom. The third kappa shape index (κ3) is 9.41. The van der Waals surface area contributed by atoms with E-state index in [1.807, 2.05) is 0 Å². The van der Waals surface area contributed by atoms with Crippen LogP contribution in [0, 0.1) is 0 Å². The fourth-order valence-corrected chi connectivity index (χ4v) is 5.93. The van der Waals surface area contributed by atoms with Gasteiger partial charge in [-0.3, -0.25) is 29.0 Å². The highest BCUT2D eigenvalue weighted by atomic mass is 35.5. The summed E-state index contributed by atoms with van der Waals surface area (Å²) in [6, 6.07) is 9.09. The molecule has 0 radical (unpaired) electrons. The minimum Gasteiger partial charge on any atom is -0.484 e. The van der Waals surface area contributed by atoms with E-state index in [9.17, 15) is 33.9 Å². The normalized spacial score (nSPS) is 22.1. The van der Waals surface area contributed by atoms with Crippen LogP contribution in [0.25, 0.3) is 11.0 Å². The minimum absolute atomic E-state index is 0.0352. The third-order valence-corrected chi connectivity index (χ3v) is 8.45. The first-order chi connectivity index (χ1) is 23.6. The molecule has 2 aliphatic heterocycles. The number of ether oxygens (including phenoxy) is 1. The number of carboxylic acid groups (broad SMARTS) is 1. The van der Waals surface area contributed by atoms with E-state index < -0.39 is 60.4 Å². The van der Waals surface area contributed by atoms with Crippen molar-refractivity contribution in [1.82, 2.24) is 36.1 Å². The van der Waals surface area contributed by atoms with Crippen molar-refractivity contribution in [2.45, 2.75) is 62.7 Å². The first-order valence-corrected chi connectivity index (χ1v) is 16.3. The molecular formula is C33H36ClN7O8. The summed E-state index contributed by atoms with van der Waals surface area (Å²) in [7, 11) is 0. The zero-order chi connectivity index (χ0) is 34.9. The van der Waals surface area contributed by atoms with Gasteiger partial charge in [0.15, 0.2) is 6.61 Å². The summed E-state index contributed by atoms with van der Waals surface area (Å²) in [5.41, 5.74) is 1.15. The molecular weight excluding hydrogens is 658 g/mol. The summed E-state index contributed by atoms with van der Waals surface area (Å²) in [6.07, 6.45) is 2.04. The molecule has 2 aromatic carbocycles. The van der Waals surface area contributed by atoms with Gasteiger partial charge >= 0.3 is 5.97 Å². The first-order valence-electron chi connectivity index (χ1n) is 15.9. The molecule has 258 valence electrons. The number of carbonyl (C=O) groups excluding carboxylic acids is 5. The second-order valence-corrected chi connectivity index (χ2v) is 12.2. The van der Waals surface area contributed by atoms with Crippen molar-refractivity contribution in [3.05, 3.63) is 65.4 Å². The smallest absolute Gasteiger partial charge is 0.326 e. The number of nitrogens with one attached hydrogen (secondary N) is 4. The standard InChI is InChI=1S/C33H36ClN7O8/c34-19-6-5-7-21(14-19)49-18-29(43)39-24-10-3-4-13-35-28(42)12-11-25(33(47)48)40-31(45)27-15-20(17-41(27)32(24)46)37-30(44)26-16-36-22-8-1-2-9-23(22)38-26/h1-2,5-9,14,16,20,24-25,27H,3-4,10-13,15,17-18H2,(H,35,42)(H,37,44)(H,39,43)(H,40,45)(H,47,48)/t20-,24+,25+,27+/m1/s1. The number of rotatable bonds is 7. The summed E-state index contributed by atoms with van der Waals surface area (Å²) in [5, 5.41) is 20.9.